The van der Waals surface area contributed by atoms with E-state index >= 15 is 0 Å². The van der Waals surface area contributed by atoms with Crippen molar-refractivity contribution >= 4 is 33.1 Å². The van der Waals surface area contributed by atoms with Crippen LogP contribution in [-0.4, -0.2) is 21.5 Å². The molecule has 1 N–H and O–H groups in total. The fourth-order valence-electron chi connectivity index (χ4n) is 3.62. The highest BCUT2D eigenvalue weighted by molar-refractivity contribution is 7.18. The predicted octanol–water partition coefficient (Wildman–Crippen LogP) is 3.46. The van der Waals surface area contributed by atoms with Gasteiger partial charge in [0, 0.05) is 11.8 Å². The van der Waals surface area contributed by atoms with Gasteiger partial charge < -0.3 is 9.40 Å². The first kappa shape index (κ1) is 18.3. The van der Waals surface area contributed by atoms with Crippen LogP contribution in [0.2, 0.25) is 0 Å². The zero-order chi connectivity index (χ0) is 20.0. The van der Waals surface area contributed by atoms with Gasteiger partial charge in [-0.05, 0) is 44.2 Å². The van der Waals surface area contributed by atoms with E-state index in [1.165, 1.54) is 24.3 Å². The molecule has 4 rings (SSSR count). The number of ketones is 2. The molecule has 1 unspecified atom stereocenters. The van der Waals surface area contributed by atoms with Crippen LogP contribution in [0.4, 0.5) is 0 Å². The van der Waals surface area contributed by atoms with Gasteiger partial charge in [-0.3, -0.25) is 14.4 Å². The second-order valence-electron chi connectivity index (χ2n) is 6.91. The molecule has 1 atom stereocenters. The Kier molecular flexibility index (Phi) is 4.47. The number of furan rings is 1. The van der Waals surface area contributed by atoms with Crippen molar-refractivity contribution in [2.45, 2.75) is 45.4 Å². The monoisotopic (exact) mass is 395 g/mol. The average Bonchev–Trinajstić information content (AvgIpc) is 3.23. The fourth-order valence-corrected chi connectivity index (χ4v) is 4.89. The quantitative estimate of drug-likeness (QED) is 0.676. The molecule has 0 saturated carbocycles. The number of nitrogens with one attached hydrogen (secondary N) is 1. The first-order valence-electron chi connectivity index (χ1n) is 9.00. The minimum absolute atomic E-state index is 0.0218. The smallest absolute Gasteiger partial charge is 0.259 e. The van der Waals surface area contributed by atoms with Crippen LogP contribution in [0.3, 0.4) is 0 Å². The van der Waals surface area contributed by atoms with E-state index in [0.29, 0.717) is 10.2 Å². The summed E-state index contributed by atoms with van der Waals surface area (Å²) in [5.41, 5.74) is 0.869. The molecular weight excluding hydrogens is 378 g/mol. The van der Waals surface area contributed by atoms with Crippen LogP contribution in [-0.2, 0) is 12.8 Å². The average molecular weight is 395 g/mol. The molecule has 7 nitrogen and oxygen atoms in total. The van der Waals surface area contributed by atoms with E-state index in [9.17, 15) is 19.6 Å². The maximum atomic E-state index is 12.9. The molecule has 1 aliphatic rings. The number of H-pyrrole nitrogens is 1. The summed E-state index contributed by atoms with van der Waals surface area (Å²) in [7, 11) is 0. The van der Waals surface area contributed by atoms with Gasteiger partial charge in [0.15, 0.2) is 23.2 Å². The second kappa shape index (κ2) is 6.84. The normalized spacial score (nSPS) is 14.5. The van der Waals surface area contributed by atoms with Gasteiger partial charge >= 0.3 is 0 Å². The summed E-state index contributed by atoms with van der Waals surface area (Å²) in [6, 6.07) is 3.27. The van der Waals surface area contributed by atoms with Crippen molar-refractivity contribution in [2.24, 2.45) is 0 Å². The number of aromatic nitrogens is 2. The number of nitrogens with zero attached hydrogens (tertiary/aromatic N) is 2. The number of rotatable bonds is 4. The summed E-state index contributed by atoms with van der Waals surface area (Å²) in [4.78, 5) is 45.9. The molecular formula is C20H17N3O4S. The zero-order valence-corrected chi connectivity index (χ0v) is 16.2. The standard InChI is InChI=1S/C20H17N3O4S/c1-9(24)14-7-12(10(2)27-14)17(25)13(8-21)18-22-19(26)16-11-5-3-4-6-15(11)28-20(16)23-18/h7,13H,3-6H2,1-2H3,(H,22,23,26). The van der Waals surface area contributed by atoms with Gasteiger partial charge in [0.1, 0.15) is 16.4 Å². The maximum Gasteiger partial charge on any atom is 0.259 e. The van der Waals surface area contributed by atoms with Crippen molar-refractivity contribution in [3.8, 4) is 6.07 Å². The Hall–Kier alpha value is -3.05. The number of carbonyl (C=O) groups is 2. The van der Waals surface area contributed by atoms with Crippen LogP contribution >= 0.6 is 11.3 Å². The molecule has 1 aliphatic carbocycles. The Labute approximate surface area is 164 Å². The van der Waals surface area contributed by atoms with E-state index < -0.39 is 11.7 Å². The van der Waals surface area contributed by atoms with Crippen LogP contribution in [0.5, 0.6) is 0 Å². The number of hydrogen-bond donors (Lipinski definition) is 1. The van der Waals surface area contributed by atoms with Gasteiger partial charge in [-0.15, -0.1) is 11.3 Å². The minimum Gasteiger partial charge on any atom is -0.458 e. The summed E-state index contributed by atoms with van der Waals surface area (Å²) in [6.07, 6.45) is 3.90. The Morgan fingerprint density at radius 2 is 2.11 bits per heavy atom. The molecule has 0 spiro atoms. The summed E-state index contributed by atoms with van der Waals surface area (Å²) in [6.45, 7) is 2.89. The number of hydrogen-bond acceptors (Lipinski definition) is 7. The number of Topliss-reactive ketones (excluding diaryl/α,β-unsaturated/α-hetero) is 2. The molecule has 0 saturated heterocycles. The lowest BCUT2D eigenvalue weighted by atomic mass is 9.96. The van der Waals surface area contributed by atoms with Gasteiger partial charge in [-0.25, -0.2) is 4.98 Å². The summed E-state index contributed by atoms with van der Waals surface area (Å²) in [5.74, 6) is -1.82. The zero-order valence-electron chi connectivity index (χ0n) is 15.4. The Morgan fingerprint density at radius 1 is 1.36 bits per heavy atom. The lowest BCUT2D eigenvalue weighted by molar-refractivity contribution is 0.0969. The van der Waals surface area contributed by atoms with Crippen molar-refractivity contribution in [1.82, 2.24) is 9.97 Å². The second-order valence-corrected chi connectivity index (χ2v) is 7.99. The Morgan fingerprint density at radius 3 is 2.79 bits per heavy atom. The van der Waals surface area contributed by atoms with Crippen LogP contribution in [0.25, 0.3) is 10.2 Å². The molecule has 0 aliphatic heterocycles. The van der Waals surface area contributed by atoms with Gasteiger partial charge in [0.25, 0.3) is 5.56 Å². The minimum atomic E-state index is -1.28. The topological polar surface area (TPSA) is 117 Å². The van der Waals surface area contributed by atoms with Crippen molar-refractivity contribution in [1.29, 1.82) is 5.26 Å². The molecule has 0 amide bonds. The first-order chi connectivity index (χ1) is 13.4. The maximum absolute atomic E-state index is 12.9. The lowest BCUT2D eigenvalue weighted by Crippen LogP contribution is -2.20. The lowest BCUT2D eigenvalue weighted by Gasteiger charge is -2.10. The van der Waals surface area contributed by atoms with Crippen molar-refractivity contribution in [2.75, 3.05) is 0 Å². The molecule has 0 radical (unpaired) electrons. The van der Waals surface area contributed by atoms with Gasteiger partial charge in [0.2, 0.25) is 0 Å². The molecule has 8 heteroatoms. The van der Waals surface area contributed by atoms with Gasteiger partial charge in [-0.1, -0.05) is 0 Å². The highest BCUT2D eigenvalue weighted by Crippen LogP contribution is 2.34. The van der Waals surface area contributed by atoms with Crippen molar-refractivity contribution < 1.29 is 14.0 Å². The number of fused-ring (bicyclic) bond motifs is 3. The van der Waals surface area contributed by atoms with Crippen molar-refractivity contribution in [3.63, 3.8) is 0 Å². The molecule has 0 bridgehead atoms. The molecule has 3 aromatic rings. The van der Waals surface area contributed by atoms with E-state index in [-0.39, 0.29) is 34.3 Å². The summed E-state index contributed by atoms with van der Waals surface area (Å²) >= 11 is 1.46. The predicted molar refractivity (Wildman–Crippen MR) is 103 cm³/mol. The SMILES string of the molecule is CC(=O)c1cc(C(=O)C(C#N)c2nc3sc4c(c3c(=O)[nH]2)CCCC4)c(C)o1. The highest BCUT2D eigenvalue weighted by atomic mass is 32.1. The number of nitriles is 1. The van der Waals surface area contributed by atoms with Gasteiger partial charge in [0.05, 0.1) is 17.0 Å². The van der Waals surface area contributed by atoms with Crippen LogP contribution < -0.4 is 5.56 Å². The number of thiophene rings is 1. The molecule has 3 heterocycles. The van der Waals surface area contributed by atoms with E-state index in [0.717, 1.165) is 36.1 Å². The van der Waals surface area contributed by atoms with E-state index in [2.05, 4.69) is 9.97 Å². The largest absolute Gasteiger partial charge is 0.458 e. The third-order valence-corrected chi connectivity index (χ3v) is 6.22. The molecule has 0 aromatic carbocycles. The number of aromatic amines is 1. The first-order valence-corrected chi connectivity index (χ1v) is 9.82. The van der Waals surface area contributed by atoms with Crippen LogP contribution in [0.15, 0.2) is 15.3 Å². The highest BCUT2D eigenvalue weighted by Gasteiger charge is 2.30. The van der Waals surface area contributed by atoms with Crippen LogP contribution in [0, 0.1) is 18.3 Å². The molecule has 0 fully saturated rings. The van der Waals surface area contributed by atoms with E-state index in [1.807, 2.05) is 6.07 Å². The van der Waals surface area contributed by atoms with Gasteiger partial charge in [-0.2, -0.15) is 5.26 Å². The summed E-state index contributed by atoms with van der Waals surface area (Å²) in [5, 5.41) is 10.2. The fraction of sp³-hybridized carbons (Fsp3) is 0.350. The molecule has 142 valence electrons. The van der Waals surface area contributed by atoms with E-state index in [4.69, 9.17) is 4.42 Å². The van der Waals surface area contributed by atoms with Crippen LogP contribution in [0.1, 0.15) is 68.6 Å². The molecule has 3 aromatic heterocycles. The Balaban J connectivity index is 1.79. The number of carbonyl (C=O) groups excluding carboxylic acids is 2. The summed E-state index contributed by atoms with van der Waals surface area (Å²) < 4.78 is 5.31. The number of aryl methyl sites for hydroxylation is 3. The molecule has 28 heavy (non-hydrogen) atoms. The third kappa shape index (κ3) is 2.88. The Bertz CT molecular complexity index is 1220. The van der Waals surface area contributed by atoms with E-state index in [1.54, 1.807) is 6.92 Å². The third-order valence-electron chi connectivity index (χ3n) is 5.04. The van der Waals surface area contributed by atoms with Crippen molar-refractivity contribution in [3.05, 3.63) is 49.8 Å².